The second-order valence-electron chi connectivity index (χ2n) is 5.29. The number of nitrogens with one attached hydrogen (secondary N) is 1. The van der Waals surface area contributed by atoms with Gasteiger partial charge in [-0.25, -0.2) is 9.59 Å². The topological polar surface area (TPSA) is 67.9 Å². The Morgan fingerprint density at radius 1 is 1.43 bits per heavy atom. The fourth-order valence-electron chi connectivity index (χ4n) is 2.78. The average molecular weight is 290 g/mol. The fraction of sp³-hybridized carbons (Fsp3) is 0.467. The Morgan fingerprint density at radius 2 is 2.19 bits per heavy atom. The van der Waals surface area contributed by atoms with Crippen molar-refractivity contribution in [3.05, 3.63) is 29.8 Å². The predicted molar refractivity (Wildman–Crippen MR) is 75.1 cm³/mol. The summed E-state index contributed by atoms with van der Waals surface area (Å²) in [6.45, 7) is 1.04. The molecule has 21 heavy (non-hydrogen) atoms. The first-order valence-corrected chi connectivity index (χ1v) is 7.05. The van der Waals surface area contributed by atoms with E-state index in [1.807, 2.05) is 24.3 Å². The van der Waals surface area contributed by atoms with Gasteiger partial charge in [0.05, 0.1) is 13.7 Å². The van der Waals surface area contributed by atoms with Gasteiger partial charge in [0.1, 0.15) is 17.9 Å². The molecule has 2 aliphatic rings. The van der Waals surface area contributed by atoms with Crippen molar-refractivity contribution in [3.8, 4) is 5.75 Å². The number of carbonyl (C=O) groups excluding carboxylic acids is 2. The molecule has 0 aliphatic carbocycles. The van der Waals surface area contributed by atoms with Crippen molar-refractivity contribution in [1.29, 1.82) is 0 Å². The normalized spacial score (nSPS) is 23.1. The molecule has 0 aromatic heterocycles. The van der Waals surface area contributed by atoms with Crippen molar-refractivity contribution in [2.24, 2.45) is 0 Å². The quantitative estimate of drug-likeness (QED) is 0.838. The molecule has 0 unspecified atom stereocenters. The van der Waals surface area contributed by atoms with E-state index in [4.69, 9.17) is 9.47 Å². The van der Waals surface area contributed by atoms with Gasteiger partial charge in [0.25, 0.3) is 0 Å². The first kappa shape index (κ1) is 13.7. The fourth-order valence-corrected chi connectivity index (χ4v) is 2.78. The number of benzene rings is 1. The minimum atomic E-state index is -0.393. The molecule has 2 heterocycles. The highest BCUT2D eigenvalue weighted by Gasteiger charge is 2.48. The number of urea groups is 1. The zero-order valence-corrected chi connectivity index (χ0v) is 11.9. The van der Waals surface area contributed by atoms with Crippen LogP contribution in [0.4, 0.5) is 4.79 Å². The second-order valence-corrected chi connectivity index (χ2v) is 5.29. The van der Waals surface area contributed by atoms with E-state index in [0.717, 1.165) is 17.7 Å². The number of hydrogen-bond donors (Lipinski definition) is 1. The van der Waals surface area contributed by atoms with Crippen molar-refractivity contribution >= 4 is 12.0 Å². The van der Waals surface area contributed by atoms with Crippen LogP contribution in [0.1, 0.15) is 12.0 Å². The van der Waals surface area contributed by atoms with E-state index < -0.39 is 6.04 Å². The molecule has 6 nitrogen and oxygen atoms in total. The van der Waals surface area contributed by atoms with Gasteiger partial charge in [0.2, 0.25) is 0 Å². The molecule has 2 amide bonds. The van der Waals surface area contributed by atoms with E-state index in [1.165, 1.54) is 0 Å². The van der Waals surface area contributed by atoms with Crippen LogP contribution in [0.15, 0.2) is 24.3 Å². The average Bonchev–Trinajstić information content (AvgIpc) is 3.07. The van der Waals surface area contributed by atoms with Crippen molar-refractivity contribution in [1.82, 2.24) is 10.2 Å². The molecule has 2 aliphatic heterocycles. The number of methoxy groups -OCH3 is 1. The van der Waals surface area contributed by atoms with Crippen LogP contribution in [0.25, 0.3) is 0 Å². The maximum Gasteiger partial charge on any atom is 0.329 e. The zero-order valence-electron chi connectivity index (χ0n) is 11.9. The molecule has 2 bridgehead atoms. The first-order valence-electron chi connectivity index (χ1n) is 7.05. The maximum atomic E-state index is 12.1. The van der Waals surface area contributed by atoms with E-state index in [1.54, 1.807) is 12.0 Å². The maximum absolute atomic E-state index is 12.1. The highest BCUT2D eigenvalue weighted by molar-refractivity contribution is 5.86. The molecule has 3 rings (SSSR count). The molecule has 2 saturated heterocycles. The molecule has 6 heteroatoms. The number of amides is 2. The van der Waals surface area contributed by atoms with Crippen molar-refractivity contribution in [3.63, 3.8) is 0 Å². The van der Waals surface area contributed by atoms with Gasteiger partial charge in [-0.2, -0.15) is 0 Å². The number of rotatable bonds is 4. The predicted octanol–water partition coefficient (Wildman–Crippen LogP) is 0.947. The highest BCUT2D eigenvalue weighted by atomic mass is 16.6. The number of nitrogens with zero attached hydrogens (tertiary/aromatic N) is 1. The third-order valence-electron chi connectivity index (χ3n) is 3.93. The summed E-state index contributed by atoms with van der Waals surface area (Å²) in [6.07, 6.45) is 1.25. The lowest BCUT2D eigenvalue weighted by atomic mass is 10.1. The summed E-state index contributed by atoms with van der Waals surface area (Å²) < 4.78 is 10.2. The van der Waals surface area contributed by atoms with Gasteiger partial charge < -0.3 is 19.7 Å². The van der Waals surface area contributed by atoms with Crippen LogP contribution in [-0.4, -0.2) is 49.2 Å². The van der Waals surface area contributed by atoms with Crippen molar-refractivity contribution < 1.29 is 19.1 Å². The smallest absolute Gasteiger partial charge is 0.329 e. The molecule has 0 radical (unpaired) electrons. The van der Waals surface area contributed by atoms with E-state index >= 15 is 0 Å². The van der Waals surface area contributed by atoms with Crippen molar-refractivity contribution in [2.45, 2.75) is 25.0 Å². The lowest BCUT2D eigenvalue weighted by Gasteiger charge is -2.25. The summed E-state index contributed by atoms with van der Waals surface area (Å²) in [5.74, 6) is 0.533. The summed E-state index contributed by atoms with van der Waals surface area (Å²) in [5, 5.41) is 2.86. The van der Waals surface area contributed by atoms with Crippen LogP contribution in [0.3, 0.4) is 0 Å². The Kier molecular flexibility index (Phi) is 3.68. The number of ether oxygens (including phenoxy) is 2. The Balaban J connectivity index is 1.47. The van der Waals surface area contributed by atoms with Crippen LogP contribution in [-0.2, 0) is 16.0 Å². The molecule has 2 fully saturated rings. The monoisotopic (exact) mass is 290 g/mol. The largest absolute Gasteiger partial charge is 0.497 e. The van der Waals surface area contributed by atoms with E-state index in [-0.39, 0.29) is 18.1 Å². The summed E-state index contributed by atoms with van der Waals surface area (Å²) in [7, 11) is 1.63. The Morgan fingerprint density at radius 3 is 2.81 bits per heavy atom. The summed E-state index contributed by atoms with van der Waals surface area (Å²) in [6, 6.07) is 7.16. The molecule has 0 spiro atoms. The van der Waals surface area contributed by atoms with Gasteiger partial charge in [-0.15, -0.1) is 0 Å². The first-order chi connectivity index (χ1) is 10.2. The number of esters is 1. The number of likely N-dealkylation sites (tertiary alicyclic amines) is 1. The number of morpholine rings is 1. The van der Waals surface area contributed by atoms with Crippen LogP contribution < -0.4 is 10.1 Å². The van der Waals surface area contributed by atoms with Gasteiger partial charge in [-0.1, -0.05) is 12.1 Å². The van der Waals surface area contributed by atoms with Crippen LogP contribution in [0, 0.1) is 0 Å². The van der Waals surface area contributed by atoms with E-state index in [9.17, 15) is 9.59 Å². The molecule has 1 aromatic rings. The minimum Gasteiger partial charge on any atom is -0.497 e. The SMILES string of the molecule is COc1ccc(CCNC(=O)N2C[C@@H]3C[C@@H]2C(=O)O3)cc1. The molecule has 1 aromatic carbocycles. The lowest BCUT2D eigenvalue weighted by molar-refractivity contribution is -0.149. The highest BCUT2D eigenvalue weighted by Crippen LogP contribution is 2.28. The Bertz CT molecular complexity index is 543. The third-order valence-corrected chi connectivity index (χ3v) is 3.93. The van der Waals surface area contributed by atoms with Gasteiger partial charge in [0.15, 0.2) is 0 Å². The van der Waals surface area contributed by atoms with Gasteiger partial charge in [-0.3, -0.25) is 0 Å². The number of carbonyl (C=O) groups is 2. The minimum absolute atomic E-state index is 0.116. The van der Waals surface area contributed by atoms with Gasteiger partial charge in [0, 0.05) is 13.0 Å². The third kappa shape index (κ3) is 2.79. The summed E-state index contributed by atoms with van der Waals surface area (Å²) >= 11 is 0. The van der Waals surface area contributed by atoms with E-state index in [2.05, 4.69) is 5.32 Å². The summed E-state index contributed by atoms with van der Waals surface area (Å²) in [5.41, 5.74) is 1.12. The molecule has 1 N–H and O–H groups in total. The molecular formula is C15H18N2O4. The van der Waals surface area contributed by atoms with Gasteiger partial charge >= 0.3 is 12.0 Å². The van der Waals surface area contributed by atoms with Crippen LogP contribution in [0.2, 0.25) is 0 Å². The molecular weight excluding hydrogens is 272 g/mol. The molecule has 0 saturated carbocycles. The molecule has 2 atom stereocenters. The van der Waals surface area contributed by atoms with Gasteiger partial charge in [-0.05, 0) is 24.1 Å². The summed E-state index contributed by atoms with van der Waals surface area (Å²) in [4.78, 5) is 25.1. The number of hydrogen-bond acceptors (Lipinski definition) is 4. The van der Waals surface area contributed by atoms with Crippen LogP contribution in [0.5, 0.6) is 5.75 Å². The number of fused-ring (bicyclic) bond motifs is 2. The Labute approximate surface area is 123 Å². The zero-order chi connectivity index (χ0) is 14.8. The Hall–Kier alpha value is -2.24. The van der Waals surface area contributed by atoms with Crippen LogP contribution >= 0.6 is 0 Å². The lowest BCUT2D eigenvalue weighted by Crippen LogP contribution is -2.49. The second kappa shape index (κ2) is 5.63. The standard InChI is InChI=1S/C15H18N2O4/c1-20-11-4-2-10(3-5-11)6-7-16-15(19)17-9-12-8-13(17)14(18)21-12/h2-5,12-13H,6-9H2,1H3,(H,16,19)/t12-,13+/m0/s1. The molecule has 112 valence electrons. The van der Waals surface area contributed by atoms with Crippen molar-refractivity contribution in [2.75, 3.05) is 20.2 Å². The van der Waals surface area contributed by atoms with E-state index in [0.29, 0.717) is 19.5 Å².